The molecular weight excluding hydrogens is 246 g/mol. The Morgan fingerprint density at radius 3 is 2.78 bits per heavy atom. The summed E-state index contributed by atoms with van der Waals surface area (Å²) >= 11 is 0. The SMILES string of the molecule is CC1c2cc(F)c(O)c(F)c2OC(=O)C1CC=O. The van der Waals surface area contributed by atoms with E-state index < -0.39 is 40.9 Å². The minimum atomic E-state index is -1.30. The highest BCUT2D eigenvalue weighted by Crippen LogP contribution is 2.43. The minimum absolute atomic E-state index is 0.0798. The lowest BCUT2D eigenvalue weighted by atomic mass is 9.83. The molecule has 0 fully saturated rings. The first kappa shape index (κ1) is 12.5. The number of fused-ring (bicyclic) bond motifs is 1. The molecule has 2 rings (SSSR count). The van der Waals surface area contributed by atoms with Gasteiger partial charge >= 0.3 is 5.97 Å². The Balaban J connectivity index is 2.55. The summed E-state index contributed by atoms with van der Waals surface area (Å²) < 4.78 is 31.6. The Morgan fingerprint density at radius 1 is 1.50 bits per heavy atom. The fourth-order valence-electron chi connectivity index (χ4n) is 2.05. The maximum atomic E-state index is 13.6. The molecule has 0 aromatic heterocycles. The summed E-state index contributed by atoms with van der Waals surface area (Å²) in [5.74, 6) is -6.15. The van der Waals surface area contributed by atoms with Gasteiger partial charge in [0.1, 0.15) is 6.29 Å². The van der Waals surface area contributed by atoms with Gasteiger partial charge in [-0.25, -0.2) is 4.39 Å². The molecule has 1 aliphatic heterocycles. The van der Waals surface area contributed by atoms with Crippen LogP contribution in [0.15, 0.2) is 6.07 Å². The zero-order chi connectivity index (χ0) is 13.4. The van der Waals surface area contributed by atoms with E-state index in [9.17, 15) is 18.4 Å². The second kappa shape index (κ2) is 4.36. The van der Waals surface area contributed by atoms with E-state index in [1.54, 1.807) is 6.92 Å². The first-order valence-electron chi connectivity index (χ1n) is 5.33. The molecule has 0 radical (unpaired) electrons. The number of esters is 1. The Bertz CT molecular complexity index is 527. The Kier molecular flexibility index (Phi) is 3.02. The summed E-state index contributed by atoms with van der Waals surface area (Å²) in [5, 5.41) is 9.11. The summed E-state index contributed by atoms with van der Waals surface area (Å²) in [6, 6.07) is 0.919. The summed E-state index contributed by atoms with van der Waals surface area (Å²) in [4.78, 5) is 22.1. The van der Waals surface area contributed by atoms with Crippen LogP contribution in [0.25, 0.3) is 0 Å². The molecule has 6 heteroatoms. The van der Waals surface area contributed by atoms with Gasteiger partial charge in [0.25, 0.3) is 0 Å². The number of rotatable bonds is 2. The molecule has 2 unspecified atom stereocenters. The fourth-order valence-corrected chi connectivity index (χ4v) is 2.05. The molecule has 0 spiro atoms. The quantitative estimate of drug-likeness (QED) is 0.498. The van der Waals surface area contributed by atoms with Crippen LogP contribution in [-0.4, -0.2) is 17.4 Å². The number of phenols is 1. The third-order valence-corrected chi connectivity index (χ3v) is 3.13. The molecule has 1 aromatic rings. The van der Waals surface area contributed by atoms with Crippen molar-refractivity contribution in [2.45, 2.75) is 19.3 Å². The topological polar surface area (TPSA) is 63.6 Å². The standard InChI is InChI=1S/C12H10F2O4/c1-5-6(2-3-15)12(17)18-11-7(5)4-8(13)10(16)9(11)14/h3-6,16H,2H2,1H3. The van der Waals surface area contributed by atoms with Crippen LogP contribution < -0.4 is 4.74 Å². The van der Waals surface area contributed by atoms with Gasteiger partial charge in [0.05, 0.1) is 5.92 Å². The number of halogens is 2. The molecule has 0 amide bonds. The van der Waals surface area contributed by atoms with Crippen molar-refractivity contribution in [2.75, 3.05) is 0 Å². The Morgan fingerprint density at radius 2 is 2.17 bits per heavy atom. The molecule has 0 saturated heterocycles. The average Bonchev–Trinajstić information content (AvgIpc) is 2.34. The van der Waals surface area contributed by atoms with Crippen LogP contribution in [-0.2, 0) is 9.59 Å². The molecule has 0 bridgehead atoms. The molecule has 1 heterocycles. The second-order valence-corrected chi connectivity index (χ2v) is 4.16. The van der Waals surface area contributed by atoms with E-state index in [0.717, 1.165) is 6.07 Å². The zero-order valence-corrected chi connectivity index (χ0v) is 9.44. The smallest absolute Gasteiger partial charge is 0.315 e. The van der Waals surface area contributed by atoms with Gasteiger partial charge in [-0.3, -0.25) is 4.79 Å². The van der Waals surface area contributed by atoms with E-state index in [0.29, 0.717) is 6.29 Å². The average molecular weight is 256 g/mol. The van der Waals surface area contributed by atoms with Crippen molar-refractivity contribution in [3.63, 3.8) is 0 Å². The van der Waals surface area contributed by atoms with Crippen molar-refractivity contribution >= 4 is 12.3 Å². The Hall–Kier alpha value is -1.98. The van der Waals surface area contributed by atoms with E-state index >= 15 is 0 Å². The molecule has 0 aliphatic carbocycles. The first-order chi connectivity index (χ1) is 8.47. The molecule has 96 valence electrons. The Labute approximate surface area is 101 Å². The van der Waals surface area contributed by atoms with Crippen molar-refractivity contribution in [3.8, 4) is 11.5 Å². The number of benzene rings is 1. The summed E-state index contributed by atoms with van der Waals surface area (Å²) in [6.45, 7) is 1.57. The molecule has 1 aliphatic rings. The highest BCUT2D eigenvalue weighted by molar-refractivity contribution is 5.81. The summed E-state index contributed by atoms with van der Waals surface area (Å²) in [7, 11) is 0. The number of aromatic hydroxyl groups is 1. The molecule has 1 N–H and O–H groups in total. The molecule has 1 aromatic carbocycles. The third kappa shape index (κ3) is 1.73. The van der Waals surface area contributed by atoms with Crippen LogP contribution in [0.1, 0.15) is 24.8 Å². The van der Waals surface area contributed by atoms with Gasteiger partial charge in [0.2, 0.25) is 5.82 Å². The lowest BCUT2D eigenvalue weighted by Crippen LogP contribution is -2.31. The van der Waals surface area contributed by atoms with Crippen LogP contribution in [0.5, 0.6) is 11.5 Å². The van der Waals surface area contributed by atoms with Crippen LogP contribution in [0.4, 0.5) is 8.78 Å². The summed E-state index contributed by atoms with van der Waals surface area (Å²) in [5.41, 5.74) is 0.134. The van der Waals surface area contributed by atoms with Crippen molar-refractivity contribution in [2.24, 2.45) is 5.92 Å². The van der Waals surface area contributed by atoms with E-state index in [-0.39, 0.29) is 12.0 Å². The largest absolute Gasteiger partial charge is 0.503 e. The van der Waals surface area contributed by atoms with Crippen LogP contribution in [0.3, 0.4) is 0 Å². The predicted octanol–water partition coefficient (Wildman–Crippen LogP) is 1.90. The van der Waals surface area contributed by atoms with Gasteiger partial charge in [-0.05, 0) is 12.0 Å². The van der Waals surface area contributed by atoms with Crippen molar-refractivity contribution in [1.82, 2.24) is 0 Å². The normalized spacial score (nSPS) is 22.3. The first-order valence-corrected chi connectivity index (χ1v) is 5.33. The highest BCUT2D eigenvalue weighted by atomic mass is 19.1. The van der Waals surface area contributed by atoms with E-state index in [1.807, 2.05) is 0 Å². The zero-order valence-electron chi connectivity index (χ0n) is 9.44. The number of hydrogen-bond donors (Lipinski definition) is 1. The number of carbonyl (C=O) groups is 2. The van der Waals surface area contributed by atoms with Crippen LogP contribution >= 0.6 is 0 Å². The number of phenolic OH excluding ortho intramolecular Hbond substituents is 1. The van der Waals surface area contributed by atoms with Crippen molar-refractivity contribution < 1.29 is 28.2 Å². The van der Waals surface area contributed by atoms with Crippen molar-refractivity contribution in [3.05, 3.63) is 23.3 Å². The molecule has 0 saturated carbocycles. The fraction of sp³-hybridized carbons (Fsp3) is 0.333. The van der Waals surface area contributed by atoms with E-state index in [4.69, 9.17) is 9.84 Å². The predicted molar refractivity (Wildman–Crippen MR) is 56.2 cm³/mol. The number of carbonyl (C=O) groups excluding carboxylic acids is 2. The lowest BCUT2D eigenvalue weighted by molar-refractivity contribution is -0.142. The number of hydrogen-bond acceptors (Lipinski definition) is 4. The maximum absolute atomic E-state index is 13.6. The van der Waals surface area contributed by atoms with Gasteiger partial charge in [-0.15, -0.1) is 0 Å². The van der Waals surface area contributed by atoms with Gasteiger partial charge in [0, 0.05) is 12.0 Å². The molecular formula is C12H10F2O4. The van der Waals surface area contributed by atoms with Crippen LogP contribution in [0.2, 0.25) is 0 Å². The van der Waals surface area contributed by atoms with E-state index in [2.05, 4.69) is 0 Å². The third-order valence-electron chi connectivity index (χ3n) is 3.13. The lowest BCUT2D eigenvalue weighted by Gasteiger charge is -2.28. The van der Waals surface area contributed by atoms with Gasteiger partial charge < -0.3 is 14.6 Å². The highest BCUT2D eigenvalue weighted by Gasteiger charge is 2.37. The molecule has 18 heavy (non-hydrogen) atoms. The second-order valence-electron chi connectivity index (χ2n) is 4.16. The summed E-state index contributed by atoms with van der Waals surface area (Å²) in [6.07, 6.45) is 0.476. The number of ether oxygens (including phenoxy) is 1. The van der Waals surface area contributed by atoms with E-state index in [1.165, 1.54) is 0 Å². The molecule has 2 atom stereocenters. The number of aldehydes is 1. The molecule has 4 nitrogen and oxygen atoms in total. The van der Waals surface area contributed by atoms with Gasteiger partial charge in [-0.1, -0.05) is 6.92 Å². The van der Waals surface area contributed by atoms with Crippen LogP contribution in [0, 0.1) is 17.6 Å². The van der Waals surface area contributed by atoms with Crippen molar-refractivity contribution in [1.29, 1.82) is 0 Å². The van der Waals surface area contributed by atoms with Gasteiger partial charge in [-0.2, -0.15) is 4.39 Å². The maximum Gasteiger partial charge on any atom is 0.315 e. The van der Waals surface area contributed by atoms with Gasteiger partial charge in [0.15, 0.2) is 17.3 Å². The minimum Gasteiger partial charge on any atom is -0.503 e. The monoisotopic (exact) mass is 256 g/mol.